The lowest BCUT2D eigenvalue weighted by molar-refractivity contribution is -0.131. The Morgan fingerprint density at radius 3 is 2.62 bits per heavy atom. The maximum atomic E-state index is 10.7. The molecule has 0 spiro atoms. The molecule has 0 bridgehead atoms. The Bertz CT molecular complexity index is 653. The van der Waals surface area contributed by atoms with Crippen LogP contribution in [0.15, 0.2) is 54.6 Å². The zero-order valence-electron chi connectivity index (χ0n) is 11.7. The van der Waals surface area contributed by atoms with E-state index >= 15 is 0 Å². The lowest BCUT2D eigenvalue weighted by atomic mass is 10.1. The molecule has 0 aliphatic heterocycles. The van der Waals surface area contributed by atoms with E-state index in [1.807, 2.05) is 31.3 Å². The first-order valence-corrected chi connectivity index (χ1v) is 6.89. The summed E-state index contributed by atoms with van der Waals surface area (Å²) in [6.07, 6.45) is 2.68. The van der Waals surface area contributed by atoms with Crippen LogP contribution in [0.4, 0.5) is 5.69 Å². The van der Waals surface area contributed by atoms with E-state index in [-0.39, 0.29) is 0 Å². The number of carboxylic acid groups (broad SMARTS) is 1. The van der Waals surface area contributed by atoms with Crippen molar-refractivity contribution >= 4 is 29.3 Å². The fourth-order valence-electron chi connectivity index (χ4n) is 2.11. The van der Waals surface area contributed by atoms with Crippen LogP contribution in [0.1, 0.15) is 11.1 Å². The number of nitrogens with zero attached hydrogens (tertiary/aromatic N) is 1. The van der Waals surface area contributed by atoms with Gasteiger partial charge in [0.25, 0.3) is 0 Å². The predicted octanol–water partition coefficient (Wildman–Crippen LogP) is 4.07. The highest BCUT2D eigenvalue weighted by Gasteiger charge is 2.07. The topological polar surface area (TPSA) is 40.5 Å². The molecule has 1 N–H and O–H groups in total. The third-order valence-electron chi connectivity index (χ3n) is 3.07. The van der Waals surface area contributed by atoms with Crippen LogP contribution in [-0.2, 0) is 11.3 Å². The van der Waals surface area contributed by atoms with E-state index < -0.39 is 5.97 Å². The highest BCUT2D eigenvalue weighted by molar-refractivity contribution is 6.30. The van der Waals surface area contributed by atoms with Crippen molar-refractivity contribution in [2.45, 2.75) is 6.54 Å². The van der Waals surface area contributed by atoms with Crippen LogP contribution >= 0.6 is 11.6 Å². The summed E-state index contributed by atoms with van der Waals surface area (Å²) in [5.41, 5.74) is 2.90. The molecule has 0 atom stereocenters. The molecular weight excluding hydrogens is 286 g/mol. The van der Waals surface area contributed by atoms with Crippen molar-refractivity contribution in [1.29, 1.82) is 0 Å². The average Bonchev–Trinajstić information content (AvgIpc) is 2.46. The standard InChI is InChI=1S/C17H16ClNO2/c1-19(12-13-5-3-2-4-6-13)16-9-8-15(18)11-14(16)7-10-17(20)21/h2-11H,12H2,1H3,(H,20,21)/b10-7+. The highest BCUT2D eigenvalue weighted by atomic mass is 35.5. The third kappa shape index (κ3) is 4.36. The molecule has 0 unspecified atom stereocenters. The van der Waals surface area contributed by atoms with Crippen LogP contribution in [0.25, 0.3) is 6.08 Å². The Morgan fingerprint density at radius 2 is 1.95 bits per heavy atom. The second kappa shape index (κ2) is 6.95. The molecule has 108 valence electrons. The van der Waals surface area contributed by atoms with Crippen LogP contribution < -0.4 is 4.90 Å². The molecule has 0 saturated carbocycles. The van der Waals surface area contributed by atoms with E-state index in [1.54, 1.807) is 18.2 Å². The monoisotopic (exact) mass is 301 g/mol. The minimum absolute atomic E-state index is 0.580. The number of carbonyl (C=O) groups is 1. The highest BCUT2D eigenvalue weighted by Crippen LogP contribution is 2.26. The molecule has 3 nitrogen and oxygen atoms in total. The largest absolute Gasteiger partial charge is 0.478 e. The molecule has 0 aromatic heterocycles. The summed E-state index contributed by atoms with van der Waals surface area (Å²) in [5.74, 6) is -0.980. The van der Waals surface area contributed by atoms with E-state index in [2.05, 4.69) is 17.0 Å². The molecule has 2 aromatic carbocycles. The van der Waals surface area contributed by atoms with Gasteiger partial charge in [-0.1, -0.05) is 41.9 Å². The van der Waals surface area contributed by atoms with Gasteiger partial charge in [0, 0.05) is 30.4 Å². The van der Waals surface area contributed by atoms with Crippen molar-refractivity contribution < 1.29 is 9.90 Å². The molecule has 0 aliphatic rings. The van der Waals surface area contributed by atoms with Crippen molar-refractivity contribution in [3.8, 4) is 0 Å². The molecule has 2 aromatic rings. The average molecular weight is 302 g/mol. The molecule has 21 heavy (non-hydrogen) atoms. The molecule has 0 amide bonds. The van der Waals surface area contributed by atoms with E-state index in [0.29, 0.717) is 5.02 Å². The van der Waals surface area contributed by atoms with Crippen LogP contribution in [-0.4, -0.2) is 18.1 Å². The van der Waals surface area contributed by atoms with Crippen molar-refractivity contribution in [1.82, 2.24) is 0 Å². The summed E-state index contributed by atoms with van der Waals surface area (Å²) in [6, 6.07) is 15.5. The summed E-state index contributed by atoms with van der Waals surface area (Å²) in [7, 11) is 1.97. The minimum atomic E-state index is -0.980. The summed E-state index contributed by atoms with van der Waals surface area (Å²) < 4.78 is 0. The minimum Gasteiger partial charge on any atom is -0.478 e. The first-order valence-electron chi connectivity index (χ1n) is 6.52. The Labute approximate surface area is 129 Å². The summed E-state index contributed by atoms with van der Waals surface area (Å²) in [5, 5.41) is 9.36. The molecular formula is C17H16ClNO2. The third-order valence-corrected chi connectivity index (χ3v) is 3.30. The van der Waals surface area contributed by atoms with Gasteiger partial charge in [0.05, 0.1) is 0 Å². The van der Waals surface area contributed by atoms with Gasteiger partial charge in [-0.3, -0.25) is 0 Å². The number of carboxylic acids is 1. The van der Waals surface area contributed by atoms with Crippen LogP contribution in [0.3, 0.4) is 0 Å². The van der Waals surface area contributed by atoms with Crippen molar-refractivity contribution in [3.05, 3.63) is 70.8 Å². The smallest absolute Gasteiger partial charge is 0.328 e. The van der Waals surface area contributed by atoms with Gasteiger partial charge in [-0.15, -0.1) is 0 Å². The lowest BCUT2D eigenvalue weighted by Crippen LogP contribution is -2.17. The quantitative estimate of drug-likeness (QED) is 0.846. The van der Waals surface area contributed by atoms with Crippen molar-refractivity contribution in [2.75, 3.05) is 11.9 Å². The second-order valence-corrected chi connectivity index (χ2v) is 5.15. The van der Waals surface area contributed by atoms with Gasteiger partial charge in [-0.25, -0.2) is 4.79 Å². The Morgan fingerprint density at radius 1 is 1.24 bits per heavy atom. The van der Waals surface area contributed by atoms with E-state index in [4.69, 9.17) is 16.7 Å². The summed E-state index contributed by atoms with van der Waals surface area (Å²) >= 11 is 6.00. The van der Waals surface area contributed by atoms with Gasteiger partial charge >= 0.3 is 5.97 Å². The SMILES string of the molecule is CN(Cc1ccccc1)c1ccc(Cl)cc1/C=C/C(=O)O. The molecule has 0 heterocycles. The predicted molar refractivity (Wildman–Crippen MR) is 86.7 cm³/mol. The van der Waals surface area contributed by atoms with Crippen LogP contribution in [0.5, 0.6) is 0 Å². The number of hydrogen-bond acceptors (Lipinski definition) is 2. The molecule has 0 saturated heterocycles. The Hall–Kier alpha value is -2.26. The van der Waals surface area contributed by atoms with Gasteiger partial charge in [0.2, 0.25) is 0 Å². The van der Waals surface area contributed by atoms with Crippen LogP contribution in [0.2, 0.25) is 5.02 Å². The molecule has 0 fully saturated rings. The number of hydrogen-bond donors (Lipinski definition) is 1. The van der Waals surface area contributed by atoms with E-state index in [9.17, 15) is 4.79 Å². The number of benzene rings is 2. The maximum absolute atomic E-state index is 10.7. The molecule has 4 heteroatoms. The first-order chi connectivity index (χ1) is 10.1. The van der Waals surface area contributed by atoms with Crippen molar-refractivity contribution in [3.63, 3.8) is 0 Å². The number of anilines is 1. The lowest BCUT2D eigenvalue weighted by Gasteiger charge is -2.22. The van der Waals surface area contributed by atoms with E-state index in [1.165, 1.54) is 5.56 Å². The number of rotatable bonds is 5. The summed E-state index contributed by atoms with van der Waals surface area (Å²) in [4.78, 5) is 12.8. The molecule has 0 radical (unpaired) electrons. The van der Waals surface area contributed by atoms with E-state index in [0.717, 1.165) is 23.9 Å². The first kappa shape index (κ1) is 15.1. The van der Waals surface area contributed by atoms with Crippen LogP contribution in [0, 0.1) is 0 Å². The zero-order chi connectivity index (χ0) is 15.2. The molecule has 2 rings (SSSR count). The van der Waals surface area contributed by atoms with Gasteiger partial charge in [0.15, 0.2) is 0 Å². The number of halogens is 1. The number of aliphatic carboxylic acids is 1. The van der Waals surface area contributed by atoms with Crippen molar-refractivity contribution in [2.24, 2.45) is 0 Å². The second-order valence-electron chi connectivity index (χ2n) is 4.72. The molecule has 0 aliphatic carbocycles. The zero-order valence-corrected chi connectivity index (χ0v) is 12.4. The Kier molecular flexibility index (Phi) is 5.01. The normalized spacial score (nSPS) is 10.8. The fourth-order valence-corrected chi connectivity index (χ4v) is 2.29. The Balaban J connectivity index is 2.27. The van der Waals surface area contributed by atoms with Gasteiger partial charge < -0.3 is 10.0 Å². The van der Waals surface area contributed by atoms with Gasteiger partial charge in [0.1, 0.15) is 0 Å². The van der Waals surface area contributed by atoms with Gasteiger partial charge in [-0.2, -0.15) is 0 Å². The fraction of sp³-hybridized carbons (Fsp3) is 0.118. The van der Waals surface area contributed by atoms with Gasteiger partial charge in [-0.05, 0) is 35.4 Å². The maximum Gasteiger partial charge on any atom is 0.328 e. The summed E-state index contributed by atoms with van der Waals surface area (Å²) in [6.45, 7) is 0.733.